The van der Waals surface area contributed by atoms with Crippen molar-refractivity contribution in [3.05, 3.63) is 56.4 Å². The number of anilines is 1. The molecule has 0 amide bonds. The Bertz CT molecular complexity index is 562. The predicted molar refractivity (Wildman–Crippen MR) is 74.0 cm³/mol. The first-order valence-electron chi connectivity index (χ1n) is 5.47. The minimum absolute atomic E-state index is 0.133. The van der Waals surface area contributed by atoms with Gasteiger partial charge in [0.15, 0.2) is 0 Å². The average Bonchev–Trinajstić information content (AvgIpc) is 2.85. The van der Waals surface area contributed by atoms with Crippen LogP contribution in [0.2, 0.25) is 10.0 Å². The fourth-order valence-electron chi connectivity index (χ4n) is 1.60. The zero-order valence-corrected chi connectivity index (χ0v) is 11.2. The molecule has 0 unspecified atom stereocenters. The number of rotatable bonds is 5. The summed E-state index contributed by atoms with van der Waals surface area (Å²) in [7, 11) is 0. The molecule has 1 aromatic carbocycles. The summed E-state index contributed by atoms with van der Waals surface area (Å²) in [5.41, 5.74) is 0.354. The molecule has 0 radical (unpaired) electrons. The van der Waals surface area contributed by atoms with E-state index in [0.29, 0.717) is 18.7 Å². The van der Waals surface area contributed by atoms with Gasteiger partial charge in [-0.15, -0.1) is 0 Å². The van der Waals surface area contributed by atoms with Crippen molar-refractivity contribution in [3.63, 3.8) is 0 Å². The van der Waals surface area contributed by atoms with Crippen molar-refractivity contribution in [2.75, 3.05) is 11.9 Å². The van der Waals surface area contributed by atoms with E-state index in [1.165, 1.54) is 12.1 Å². The standard InChI is InChI=1S/C12H10Cl2N2O3/c13-10-6-8(16(17)18)7-11(14)12(10)15-4-3-9-2-1-5-19-9/h1-2,5-7,15H,3-4H2. The van der Waals surface area contributed by atoms with Crippen molar-refractivity contribution in [1.82, 2.24) is 0 Å². The minimum Gasteiger partial charge on any atom is -0.469 e. The molecule has 100 valence electrons. The van der Waals surface area contributed by atoms with Crippen molar-refractivity contribution in [3.8, 4) is 0 Å². The van der Waals surface area contributed by atoms with Gasteiger partial charge >= 0.3 is 0 Å². The molecule has 0 bridgehead atoms. The van der Waals surface area contributed by atoms with Gasteiger partial charge in [-0.05, 0) is 12.1 Å². The van der Waals surface area contributed by atoms with Crippen LogP contribution in [0, 0.1) is 10.1 Å². The Kier molecular flexibility index (Phi) is 4.29. The van der Waals surface area contributed by atoms with E-state index >= 15 is 0 Å². The Balaban J connectivity index is 2.06. The number of nitro groups is 1. The number of benzene rings is 1. The third-order valence-electron chi connectivity index (χ3n) is 2.49. The zero-order valence-electron chi connectivity index (χ0n) is 9.73. The molecule has 1 aromatic heterocycles. The lowest BCUT2D eigenvalue weighted by molar-refractivity contribution is -0.384. The quantitative estimate of drug-likeness (QED) is 0.665. The number of nitro benzene ring substituents is 1. The summed E-state index contributed by atoms with van der Waals surface area (Å²) in [5.74, 6) is 0.835. The van der Waals surface area contributed by atoms with E-state index in [0.717, 1.165) is 5.76 Å². The highest BCUT2D eigenvalue weighted by Crippen LogP contribution is 2.34. The van der Waals surface area contributed by atoms with E-state index in [1.807, 2.05) is 6.07 Å². The van der Waals surface area contributed by atoms with Crippen LogP contribution in [0.4, 0.5) is 11.4 Å². The molecule has 2 rings (SSSR count). The number of hydrogen-bond donors (Lipinski definition) is 1. The highest BCUT2D eigenvalue weighted by atomic mass is 35.5. The van der Waals surface area contributed by atoms with E-state index in [-0.39, 0.29) is 15.7 Å². The van der Waals surface area contributed by atoms with E-state index in [4.69, 9.17) is 27.6 Å². The van der Waals surface area contributed by atoms with Crippen LogP contribution >= 0.6 is 23.2 Å². The lowest BCUT2D eigenvalue weighted by Gasteiger charge is -2.09. The van der Waals surface area contributed by atoms with Crippen molar-refractivity contribution in [2.24, 2.45) is 0 Å². The van der Waals surface area contributed by atoms with Gasteiger partial charge in [-0.3, -0.25) is 10.1 Å². The summed E-state index contributed by atoms with van der Waals surface area (Å²) < 4.78 is 5.19. The zero-order chi connectivity index (χ0) is 13.8. The molecule has 19 heavy (non-hydrogen) atoms. The average molecular weight is 301 g/mol. The molecule has 0 saturated carbocycles. The molecule has 0 atom stereocenters. The van der Waals surface area contributed by atoms with Crippen LogP contribution in [-0.2, 0) is 6.42 Å². The van der Waals surface area contributed by atoms with Crippen LogP contribution in [-0.4, -0.2) is 11.5 Å². The first-order valence-corrected chi connectivity index (χ1v) is 6.23. The lowest BCUT2D eigenvalue weighted by Crippen LogP contribution is -2.05. The Hall–Kier alpha value is -1.72. The maximum atomic E-state index is 10.6. The first kappa shape index (κ1) is 13.7. The molecule has 0 saturated heterocycles. The lowest BCUT2D eigenvalue weighted by atomic mass is 10.2. The highest BCUT2D eigenvalue weighted by molar-refractivity contribution is 6.39. The number of nitrogens with zero attached hydrogens (tertiary/aromatic N) is 1. The van der Waals surface area contributed by atoms with Gasteiger partial charge in [0.25, 0.3) is 5.69 Å². The van der Waals surface area contributed by atoms with Crippen LogP contribution in [0.15, 0.2) is 34.9 Å². The molecule has 0 spiro atoms. The van der Waals surface area contributed by atoms with Gasteiger partial charge in [0.2, 0.25) is 0 Å². The molecular weight excluding hydrogens is 291 g/mol. The molecule has 7 heteroatoms. The fourth-order valence-corrected chi connectivity index (χ4v) is 2.21. The molecule has 5 nitrogen and oxygen atoms in total. The molecule has 0 aliphatic rings. The SMILES string of the molecule is O=[N+]([O-])c1cc(Cl)c(NCCc2ccco2)c(Cl)c1. The molecule has 1 N–H and O–H groups in total. The van der Waals surface area contributed by atoms with Crippen LogP contribution in [0.1, 0.15) is 5.76 Å². The van der Waals surface area contributed by atoms with Crippen LogP contribution in [0.25, 0.3) is 0 Å². The molecule has 0 aliphatic carbocycles. The number of halogens is 2. The molecule has 1 heterocycles. The van der Waals surface area contributed by atoms with E-state index in [9.17, 15) is 10.1 Å². The third kappa shape index (κ3) is 3.39. The summed E-state index contributed by atoms with van der Waals surface area (Å²) in [6.07, 6.45) is 2.26. The second kappa shape index (κ2) is 5.95. The maximum absolute atomic E-state index is 10.6. The Morgan fingerprint density at radius 2 is 2.00 bits per heavy atom. The van der Waals surface area contributed by atoms with Crippen LogP contribution in [0.5, 0.6) is 0 Å². The van der Waals surface area contributed by atoms with Crippen LogP contribution in [0.3, 0.4) is 0 Å². The molecule has 0 aliphatic heterocycles. The number of furan rings is 1. The second-order valence-corrected chi connectivity index (χ2v) is 4.61. The van der Waals surface area contributed by atoms with Crippen molar-refractivity contribution in [1.29, 1.82) is 0 Å². The maximum Gasteiger partial charge on any atom is 0.272 e. The monoisotopic (exact) mass is 300 g/mol. The number of nitrogens with one attached hydrogen (secondary N) is 1. The highest BCUT2D eigenvalue weighted by Gasteiger charge is 2.14. The van der Waals surface area contributed by atoms with Gasteiger partial charge in [0.1, 0.15) is 5.76 Å². The van der Waals surface area contributed by atoms with Crippen molar-refractivity contribution < 1.29 is 9.34 Å². The van der Waals surface area contributed by atoms with Crippen molar-refractivity contribution >= 4 is 34.6 Å². The Labute approximate surface area is 119 Å². The largest absolute Gasteiger partial charge is 0.469 e. The summed E-state index contributed by atoms with van der Waals surface area (Å²) in [6, 6.07) is 6.20. The summed E-state index contributed by atoms with van der Waals surface area (Å²) in [6.45, 7) is 0.560. The van der Waals surface area contributed by atoms with E-state index in [2.05, 4.69) is 5.32 Å². The second-order valence-electron chi connectivity index (χ2n) is 3.80. The van der Waals surface area contributed by atoms with Gasteiger partial charge < -0.3 is 9.73 Å². The van der Waals surface area contributed by atoms with Gasteiger partial charge in [-0.2, -0.15) is 0 Å². The topological polar surface area (TPSA) is 68.3 Å². The Morgan fingerprint density at radius 3 is 2.53 bits per heavy atom. The van der Waals surface area contributed by atoms with Crippen molar-refractivity contribution in [2.45, 2.75) is 6.42 Å². The first-order chi connectivity index (χ1) is 9.08. The van der Waals surface area contributed by atoms with Gasteiger partial charge in [0, 0.05) is 25.1 Å². The number of hydrogen-bond acceptors (Lipinski definition) is 4. The third-order valence-corrected chi connectivity index (χ3v) is 3.09. The summed E-state index contributed by atoms with van der Waals surface area (Å²) in [4.78, 5) is 10.1. The van der Waals surface area contributed by atoms with Gasteiger partial charge in [-0.25, -0.2) is 0 Å². The summed E-state index contributed by atoms with van der Waals surface area (Å²) in [5, 5.41) is 14.1. The van der Waals surface area contributed by atoms with Crippen LogP contribution < -0.4 is 5.32 Å². The molecule has 0 fully saturated rings. The minimum atomic E-state index is -0.537. The van der Waals surface area contributed by atoms with Gasteiger partial charge in [-0.1, -0.05) is 23.2 Å². The Morgan fingerprint density at radius 1 is 1.32 bits per heavy atom. The van der Waals surface area contributed by atoms with E-state index in [1.54, 1.807) is 12.3 Å². The smallest absolute Gasteiger partial charge is 0.272 e. The summed E-state index contributed by atoms with van der Waals surface area (Å²) >= 11 is 11.9. The van der Waals surface area contributed by atoms with E-state index < -0.39 is 4.92 Å². The molecular formula is C12H10Cl2N2O3. The van der Waals surface area contributed by atoms with Gasteiger partial charge in [0.05, 0.1) is 26.9 Å². The fraction of sp³-hybridized carbons (Fsp3) is 0.167. The normalized spacial score (nSPS) is 10.4. The molecule has 2 aromatic rings. The predicted octanol–water partition coefficient (Wildman–Crippen LogP) is 4.15. The number of non-ortho nitro benzene ring substituents is 1.